The largest absolute Gasteiger partial charge is 0.388 e. The average Bonchev–Trinajstić information content (AvgIpc) is 2.39. The highest BCUT2D eigenvalue weighted by molar-refractivity contribution is 5.39. The van der Waals surface area contributed by atoms with Crippen LogP contribution in [0.25, 0.3) is 0 Å². The van der Waals surface area contributed by atoms with Crippen LogP contribution in [0.5, 0.6) is 0 Å². The molecule has 0 saturated carbocycles. The number of nitrogens with zero attached hydrogens (tertiary/aromatic N) is 2. The minimum atomic E-state index is -0.397. The van der Waals surface area contributed by atoms with Gasteiger partial charge in [0.05, 0.1) is 19.3 Å². The van der Waals surface area contributed by atoms with Crippen LogP contribution in [-0.2, 0) is 4.74 Å². The monoisotopic (exact) mass is 222 g/mol. The Bertz CT molecular complexity index is 320. The van der Waals surface area contributed by atoms with Crippen molar-refractivity contribution in [3.8, 4) is 0 Å². The van der Waals surface area contributed by atoms with Crippen LogP contribution in [0.3, 0.4) is 0 Å². The summed E-state index contributed by atoms with van der Waals surface area (Å²) in [6.07, 6.45) is 2.09. The Balaban J connectivity index is 2.06. The number of hydrogen-bond acceptors (Lipinski definition) is 4. The van der Waals surface area contributed by atoms with Gasteiger partial charge < -0.3 is 14.7 Å². The smallest absolute Gasteiger partial charge is 0.128 e. The predicted molar refractivity (Wildman–Crippen MR) is 62.5 cm³/mol. The van der Waals surface area contributed by atoms with E-state index in [1.807, 2.05) is 19.1 Å². The van der Waals surface area contributed by atoms with E-state index in [0.717, 1.165) is 44.1 Å². The van der Waals surface area contributed by atoms with E-state index in [9.17, 15) is 5.11 Å². The second kappa shape index (κ2) is 5.27. The lowest BCUT2D eigenvalue weighted by Gasteiger charge is -2.27. The number of aliphatic hydroxyl groups is 1. The third-order valence-corrected chi connectivity index (χ3v) is 2.88. The molecule has 1 atom stereocenters. The van der Waals surface area contributed by atoms with Gasteiger partial charge in [0.15, 0.2) is 0 Å². The van der Waals surface area contributed by atoms with Gasteiger partial charge in [-0.05, 0) is 18.1 Å². The van der Waals surface area contributed by atoms with E-state index in [2.05, 4.69) is 9.88 Å². The van der Waals surface area contributed by atoms with Gasteiger partial charge in [0, 0.05) is 19.3 Å². The number of aromatic nitrogens is 1. The Morgan fingerprint density at radius 2 is 2.19 bits per heavy atom. The van der Waals surface area contributed by atoms with Gasteiger partial charge in [-0.1, -0.05) is 13.0 Å². The summed E-state index contributed by atoms with van der Waals surface area (Å²) in [4.78, 5) is 6.58. The topological polar surface area (TPSA) is 45.6 Å². The Hall–Kier alpha value is -1.13. The van der Waals surface area contributed by atoms with Gasteiger partial charge in [0.25, 0.3) is 0 Å². The van der Waals surface area contributed by atoms with E-state index >= 15 is 0 Å². The van der Waals surface area contributed by atoms with Crippen LogP contribution in [0.2, 0.25) is 0 Å². The molecule has 1 N–H and O–H groups in total. The second-order valence-corrected chi connectivity index (χ2v) is 3.97. The number of anilines is 1. The summed E-state index contributed by atoms with van der Waals surface area (Å²) in [5.41, 5.74) is 0.888. The molecule has 4 heteroatoms. The first-order chi connectivity index (χ1) is 7.81. The lowest BCUT2D eigenvalue weighted by molar-refractivity contribution is 0.122. The van der Waals surface area contributed by atoms with E-state index in [1.165, 1.54) is 0 Å². The summed E-state index contributed by atoms with van der Waals surface area (Å²) < 4.78 is 5.29. The number of aliphatic hydroxyl groups excluding tert-OH is 1. The maximum absolute atomic E-state index is 9.66. The third-order valence-electron chi connectivity index (χ3n) is 2.88. The molecular weight excluding hydrogens is 204 g/mol. The molecule has 1 aromatic rings. The molecule has 88 valence electrons. The van der Waals surface area contributed by atoms with Crippen molar-refractivity contribution < 1.29 is 9.84 Å². The van der Waals surface area contributed by atoms with Crippen LogP contribution in [0.1, 0.15) is 25.0 Å². The zero-order valence-electron chi connectivity index (χ0n) is 9.59. The first kappa shape index (κ1) is 11.4. The highest BCUT2D eigenvalue weighted by Crippen LogP contribution is 2.18. The fourth-order valence-corrected chi connectivity index (χ4v) is 1.81. The molecule has 2 rings (SSSR count). The van der Waals surface area contributed by atoms with Crippen LogP contribution in [0.4, 0.5) is 5.82 Å². The predicted octanol–water partition coefficient (Wildman–Crippen LogP) is 1.36. The summed E-state index contributed by atoms with van der Waals surface area (Å²) in [7, 11) is 0. The minimum absolute atomic E-state index is 0.397. The molecule has 1 saturated heterocycles. The Kier molecular flexibility index (Phi) is 3.74. The summed E-state index contributed by atoms with van der Waals surface area (Å²) >= 11 is 0. The number of rotatable bonds is 3. The Morgan fingerprint density at radius 1 is 1.44 bits per heavy atom. The Morgan fingerprint density at radius 3 is 2.75 bits per heavy atom. The quantitative estimate of drug-likeness (QED) is 0.838. The Labute approximate surface area is 95.9 Å². The summed E-state index contributed by atoms with van der Waals surface area (Å²) in [6.45, 7) is 5.27. The molecule has 1 aliphatic heterocycles. The zero-order valence-corrected chi connectivity index (χ0v) is 9.59. The summed E-state index contributed by atoms with van der Waals surface area (Å²) in [6, 6.07) is 3.92. The number of hydrogen-bond donors (Lipinski definition) is 1. The van der Waals surface area contributed by atoms with Crippen molar-refractivity contribution in [2.75, 3.05) is 31.2 Å². The molecule has 0 bridgehead atoms. The lowest BCUT2D eigenvalue weighted by atomic mass is 10.1. The molecule has 0 amide bonds. The standard InChI is InChI=1S/C12H18N2O2/c1-2-11(15)10-3-4-12(13-9-10)14-5-7-16-8-6-14/h3-4,9,11,15H,2,5-8H2,1H3/t11-/m0/s1. The van der Waals surface area contributed by atoms with E-state index in [4.69, 9.17) is 4.74 Å². The van der Waals surface area contributed by atoms with Crippen LogP contribution < -0.4 is 4.90 Å². The van der Waals surface area contributed by atoms with Crippen molar-refractivity contribution in [3.63, 3.8) is 0 Å². The van der Waals surface area contributed by atoms with Crippen molar-refractivity contribution in [2.24, 2.45) is 0 Å². The SMILES string of the molecule is CC[C@H](O)c1ccc(N2CCOCC2)nc1. The van der Waals surface area contributed by atoms with Gasteiger partial charge in [-0.3, -0.25) is 0 Å². The molecule has 1 fully saturated rings. The van der Waals surface area contributed by atoms with Crippen molar-refractivity contribution in [3.05, 3.63) is 23.9 Å². The van der Waals surface area contributed by atoms with Gasteiger partial charge in [0.1, 0.15) is 5.82 Å². The van der Waals surface area contributed by atoms with Crippen molar-refractivity contribution in [2.45, 2.75) is 19.4 Å². The zero-order chi connectivity index (χ0) is 11.4. The molecular formula is C12H18N2O2. The summed E-state index contributed by atoms with van der Waals surface area (Å²) in [5, 5.41) is 9.66. The first-order valence-electron chi connectivity index (χ1n) is 5.78. The normalized spacial score (nSPS) is 18.5. The van der Waals surface area contributed by atoms with E-state index in [1.54, 1.807) is 6.20 Å². The molecule has 1 aromatic heterocycles. The second-order valence-electron chi connectivity index (χ2n) is 3.97. The number of ether oxygens (including phenoxy) is 1. The van der Waals surface area contributed by atoms with E-state index in [-0.39, 0.29) is 0 Å². The van der Waals surface area contributed by atoms with E-state index < -0.39 is 6.10 Å². The molecule has 0 aliphatic carbocycles. The van der Waals surface area contributed by atoms with Crippen molar-refractivity contribution >= 4 is 5.82 Å². The molecule has 16 heavy (non-hydrogen) atoms. The van der Waals surface area contributed by atoms with Gasteiger partial charge in [-0.2, -0.15) is 0 Å². The van der Waals surface area contributed by atoms with Gasteiger partial charge in [0.2, 0.25) is 0 Å². The van der Waals surface area contributed by atoms with Gasteiger partial charge >= 0.3 is 0 Å². The molecule has 0 aromatic carbocycles. The first-order valence-corrected chi connectivity index (χ1v) is 5.78. The fraction of sp³-hybridized carbons (Fsp3) is 0.583. The van der Waals surface area contributed by atoms with Gasteiger partial charge in [-0.15, -0.1) is 0 Å². The fourth-order valence-electron chi connectivity index (χ4n) is 1.81. The summed E-state index contributed by atoms with van der Waals surface area (Å²) in [5.74, 6) is 0.968. The minimum Gasteiger partial charge on any atom is -0.388 e. The van der Waals surface area contributed by atoms with Crippen molar-refractivity contribution in [1.29, 1.82) is 0 Å². The maximum Gasteiger partial charge on any atom is 0.128 e. The van der Waals surface area contributed by atoms with Crippen LogP contribution in [-0.4, -0.2) is 36.4 Å². The molecule has 4 nitrogen and oxygen atoms in total. The van der Waals surface area contributed by atoms with Crippen LogP contribution in [0, 0.1) is 0 Å². The highest BCUT2D eigenvalue weighted by atomic mass is 16.5. The van der Waals surface area contributed by atoms with E-state index in [0.29, 0.717) is 0 Å². The molecule has 2 heterocycles. The van der Waals surface area contributed by atoms with Crippen LogP contribution >= 0.6 is 0 Å². The molecule has 0 unspecified atom stereocenters. The molecule has 1 aliphatic rings. The molecule has 0 radical (unpaired) electrons. The maximum atomic E-state index is 9.66. The van der Waals surface area contributed by atoms with Crippen molar-refractivity contribution in [1.82, 2.24) is 4.98 Å². The molecule has 0 spiro atoms. The van der Waals surface area contributed by atoms with Gasteiger partial charge in [-0.25, -0.2) is 4.98 Å². The average molecular weight is 222 g/mol. The van der Waals surface area contributed by atoms with Crippen LogP contribution in [0.15, 0.2) is 18.3 Å². The number of morpholine rings is 1. The third kappa shape index (κ3) is 2.51. The highest BCUT2D eigenvalue weighted by Gasteiger charge is 2.12. The lowest BCUT2D eigenvalue weighted by Crippen LogP contribution is -2.36. The number of pyridine rings is 1.